The van der Waals surface area contributed by atoms with Crippen molar-refractivity contribution in [2.75, 3.05) is 24.0 Å². The van der Waals surface area contributed by atoms with Crippen LogP contribution in [0.1, 0.15) is 32.8 Å². The maximum Gasteiger partial charge on any atom is 0.264 e. The average molecular weight is 538 g/mol. The van der Waals surface area contributed by atoms with Crippen LogP contribution in [0.25, 0.3) is 0 Å². The van der Waals surface area contributed by atoms with Crippen LogP contribution in [0.5, 0.6) is 5.75 Å². The lowest BCUT2D eigenvalue weighted by Crippen LogP contribution is -2.51. The molecule has 0 fully saturated rings. The third kappa shape index (κ3) is 7.35. The first-order valence-corrected chi connectivity index (χ1v) is 14.1. The molecule has 2 amide bonds. The summed E-state index contributed by atoms with van der Waals surface area (Å²) in [4.78, 5) is 28.2. The van der Waals surface area contributed by atoms with Crippen molar-refractivity contribution >= 4 is 27.5 Å². The molecule has 38 heavy (non-hydrogen) atoms. The van der Waals surface area contributed by atoms with Gasteiger partial charge in [0.15, 0.2) is 0 Å². The number of hydrogen-bond donors (Lipinski definition) is 1. The second-order valence-electron chi connectivity index (χ2n) is 8.73. The molecule has 1 N–H and O–H groups in total. The SMILES string of the molecule is CCCNC(=O)[C@@H](C)N(Cc1ccccc1)C(=O)CN(c1ccc(OCC)cc1)S(=O)(=O)c1ccccc1. The monoisotopic (exact) mass is 537 g/mol. The van der Waals surface area contributed by atoms with Gasteiger partial charge < -0.3 is 15.0 Å². The number of ether oxygens (including phenoxy) is 1. The first-order chi connectivity index (χ1) is 18.3. The van der Waals surface area contributed by atoms with E-state index >= 15 is 0 Å². The Morgan fingerprint density at radius 2 is 1.50 bits per heavy atom. The summed E-state index contributed by atoms with van der Waals surface area (Å²) < 4.78 is 34.1. The van der Waals surface area contributed by atoms with Crippen molar-refractivity contribution in [1.29, 1.82) is 0 Å². The molecule has 1 atom stereocenters. The van der Waals surface area contributed by atoms with Crippen molar-refractivity contribution in [2.24, 2.45) is 0 Å². The van der Waals surface area contributed by atoms with Gasteiger partial charge in [-0.15, -0.1) is 0 Å². The van der Waals surface area contributed by atoms with Gasteiger partial charge >= 0.3 is 0 Å². The van der Waals surface area contributed by atoms with Gasteiger partial charge in [-0.05, 0) is 62.2 Å². The van der Waals surface area contributed by atoms with Crippen LogP contribution in [0.4, 0.5) is 5.69 Å². The molecule has 0 aliphatic heterocycles. The highest BCUT2D eigenvalue weighted by Gasteiger charge is 2.32. The highest BCUT2D eigenvalue weighted by Crippen LogP contribution is 2.26. The van der Waals surface area contributed by atoms with Crippen LogP contribution < -0.4 is 14.4 Å². The molecule has 8 nitrogen and oxygen atoms in total. The van der Waals surface area contributed by atoms with Crippen molar-refractivity contribution < 1.29 is 22.7 Å². The van der Waals surface area contributed by atoms with Crippen LogP contribution in [0.3, 0.4) is 0 Å². The van der Waals surface area contributed by atoms with Crippen molar-refractivity contribution in [3.05, 3.63) is 90.5 Å². The summed E-state index contributed by atoms with van der Waals surface area (Å²) in [6, 6.07) is 23.0. The summed E-state index contributed by atoms with van der Waals surface area (Å²) in [5.41, 5.74) is 1.14. The number of nitrogens with one attached hydrogen (secondary N) is 1. The Bertz CT molecular complexity index is 1280. The molecule has 0 unspecified atom stereocenters. The van der Waals surface area contributed by atoms with E-state index in [1.54, 1.807) is 49.4 Å². The minimum atomic E-state index is -4.10. The molecule has 0 heterocycles. The number of amides is 2. The van der Waals surface area contributed by atoms with Crippen LogP contribution in [0.2, 0.25) is 0 Å². The van der Waals surface area contributed by atoms with E-state index in [1.165, 1.54) is 17.0 Å². The molecule has 0 spiro atoms. The lowest BCUT2D eigenvalue weighted by Gasteiger charge is -2.32. The number of rotatable bonds is 13. The van der Waals surface area contributed by atoms with Gasteiger partial charge in [-0.2, -0.15) is 0 Å². The molecule has 0 saturated carbocycles. The molecule has 3 rings (SSSR count). The number of hydrogen-bond acceptors (Lipinski definition) is 5. The van der Waals surface area contributed by atoms with Crippen LogP contribution >= 0.6 is 0 Å². The smallest absolute Gasteiger partial charge is 0.264 e. The Balaban J connectivity index is 1.99. The van der Waals surface area contributed by atoms with Gasteiger partial charge in [-0.25, -0.2) is 8.42 Å². The first kappa shape index (κ1) is 28.7. The predicted molar refractivity (Wildman–Crippen MR) is 148 cm³/mol. The Hall–Kier alpha value is -3.85. The van der Waals surface area contributed by atoms with Crippen LogP contribution in [-0.4, -0.2) is 50.9 Å². The van der Waals surface area contributed by atoms with Crippen LogP contribution in [0, 0.1) is 0 Å². The summed E-state index contributed by atoms with van der Waals surface area (Å²) >= 11 is 0. The number of sulfonamides is 1. The predicted octanol–water partition coefficient (Wildman–Crippen LogP) is 4.22. The lowest BCUT2D eigenvalue weighted by molar-refractivity contribution is -0.139. The van der Waals surface area contributed by atoms with Crippen molar-refractivity contribution in [3.8, 4) is 5.75 Å². The van der Waals surface area contributed by atoms with Gasteiger partial charge in [0.25, 0.3) is 10.0 Å². The summed E-state index contributed by atoms with van der Waals surface area (Å²) in [6.45, 7) is 6.08. The molecule has 0 saturated heterocycles. The second-order valence-corrected chi connectivity index (χ2v) is 10.6. The number of nitrogens with zero attached hydrogens (tertiary/aromatic N) is 2. The molecule has 3 aromatic carbocycles. The third-order valence-corrected chi connectivity index (χ3v) is 7.75. The fraction of sp³-hybridized carbons (Fsp3) is 0.310. The lowest BCUT2D eigenvalue weighted by atomic mass is 10.1. The van der Waals surface area contributed by atoms with E-state index in [2.05, 4.69) is 5.32 Å². The van der Waals surface area contributed by atoms with Gasteiger partial charge in [-0.1, -0.05) is 55.5 Å². The summed E-state index contributed by atoms with van der Waals surface area (Å²) in [5, 5.41) is 2.83. The molecule has 202 valence electrons. The van der Waals surface area contributed by atoms with Crippen molar-refractivity contribution in [3.63, 3.8) is 0 Å². The van der Waals surface area contributed by atoms with E-state index in [-0.39, 0.29) is 17.3 Å². The standard InChI is InChI=1S/C29H35N3O5S/c1-4-20-30-29(34)23(3)31(21-24-12-8-6-9-13-24)28(33)22-32(25-16-18-26(19-17-25)37-5-2)38(35,36)27-14-10-7-11-15-27/h6-19,23H,4-5,20-22H2,1-3H3,(H,30,34)/t23-/m1/s1. The molecule has 0 aliphatic carbocycles. The molecular formula is C29H35N3O5S. The number of anilines is 1. The normalized spacial score (nSPS) is 11.9. The summed E-state index contributed by atoms with van der Waals surface area (Å²) in [5.74, 6) is -0.206. The largest absolute Gasteiger partial charge is 0.494 e. The van der Waals surface area contributed by atoms with E-state index in [4.69, 9.17) is 4.74 Å². The van der Waals surface area contributed by atoms with Gasteiger partial charge in [-0.3, -0.25) is 13.9 Å². The van der Waals surface area contributed by atoms with E-state index in [0.29, 0.717) is 24.6 Å². The van der Waals surface area contributed by atoms with E-state index < -0.39 is 28.5 Å². The fourth-order valence-electron chi connectivity index (χ4n) is 3.88. The van der Waals surface area contributed by atoms with E-state index in [1.807, 2.05) is 44.2 Å². The van der Waals surface area contributed by atoms with Crippen LogP contribution in [0.15, 0.2) is 89.8 Å². The van der Waals surface area contributed by atoms with Gasteiger partial charge in [0.2, 0.25) is 11.8 Å². The Morgan fingerprint density at radius 1 is 0.895 bits per heavy atom. The summed E-state index contributed by atoms with van der Waals surface area (Å²) in [7, 11) is -4.10. The number of benzene rings is 3. The zero-order valence-corrected chi connectivity index (χ0v) is 22.9. The molecule has 0 radical (unpaired) electrons. The molecule has 9 heteroatoms. The van der Waals surface area contributed by atoms with Gasteiger partial charge in [0, 0.05) is 13.1 Å². The zero-order valence-electron chi connectivity index (χ0n) is 22.0. The molecule has 0 aliphatic rings. The average Bonchev–Trinajstić information content (AvgIpc) is 2.94. The first-order valence-electron chi connectivity index (χ1n) is 12.7. The highest BCUT2D eigenvalue weighted by atomic mass is 32.2. The van der Waals surface area contributed by atoms with Gasteiger partial charge in [0.05, 0.1) is 17.2 Å². The molecular weight excluding hydrogens is 502 g/mol. The fourth-order valence-corrected chi connectivity index (χ4v) is 5.32. The zero-order chi connectivity index (χ0) is 27.5. The Morgan fingerprint density at radius 3 is 2.08 bits per heavy atom. The number of carbonyl (C=O) groups is 2. The number of carbonyl (C=O) groups excluding carboxylic acids is 2. The minimum Gasteiger partial charge on any atom is -0.494 e. The maximum absolute atomic E-state index is 13.8. The topological polar surface area (TPSA) is 96.0 Å². The maximum atomic E-state index is 13.8. The summed E-state index contributed by atoms with van der Waals surface area (Å²) in [6.07, 6.45) is 0.756. The van der Waals surface area contributed by atoms with Crippen LogP contribution in [-0.2, 0) is 26.2 Å². The van der Waals surface area contributed by atoms with E-state index in [9.17, 15) is 18.0 Å². The third-order valence-electron chi connectivity index (χ3n) is 5.96. The Kier molecular flexibility index (Phi) is 10.3. The second kappa shape index (κ2) is 13.6. The van der Waals surface area contributed by atoms with Crippen molar-refractivity contribution in [1.82, 2.24) is 10.2 Å². The minimum absolute atomic E-state index is 0.0602. The van der Waals surface area contributed by atoms with E-state index in [0.717, 1.165) is 16.3 Å². The molecule has 3 aromatic rings. The Labute approximate surface area is 225 Å². The molecule has 0 aromatic heterocycles. The van der Waals surface area contributed by atoms with Crippen molar-refractivity contribution in [2.45, 2.75) is 44.7 Å². The van der Waals surface area contributed by atoms with Gasteiger partial charge in [0.1, 0.15) is 18.3 Å². The quantitative estimate of drug-likeness (QED) is 0.352. The highest BCUT2D eigenvalue weighted by molar-refractivity contribution is 7.92. The molecule has 0 bridgehead atoms.